The van der Waals surface area contributed by atoms with E-state index in [1.54, 1.807) is 6.07 Å². The van der Waals surface area contributed by atoms with E-state index in [2.05, 4.69) is 10.6 Å². The Balaban J connectivity index is 0.00000200. The number of nitrogens with one attached hydrogen (secondary N) is 2. The number of carbonyl (C=O) groups excluding carboxylic acids is 1. The van der Waals surface area contributed by atoms with Gasteiger partial charge in [0.1, 0.15) is 0 Å². The molecule has 120 valence electrons. The van der Waals surface area contributed by atoms with Crippen molar-refractivity contribution in [3.63, 3.8) is 0 Å². The fourth-order valence-corrected chi connectivity index (χ4v) is 1.85. The summed E-state index contributed by atoms with van der Waals surface area (Å²) in [6.07, 6.45) is 2.35. The minimum absolute atomic E-state index is 0. The van der Waals surface area contributed by atoms with Crippen LogP contribution >= 0.6 is 36.4 Å². The van der Waals surface area contributed by atoms with Gasteiger partial charge < -0.3 is 16.4 Å². The van der Waals surface area contributed by atoms with Gasteiger partial charge in [-0.05, 0) is 38.0 Å². The molecule has 0 aromatic heterocycles. The molecule has 0 spiro atoms. The highest BCUT2D eigenvalue weighted by molar-refractivity contribution is 6.31. The lowest BCUT2D eigenvalue weighted by Crippen LogP contribution is -2.34. The Morgan fingerprint density at radius 1 is 1.29 bits per heavy atom. The average molecular weight is 355 g/mol. The number of benzene rings is 1. The molecule has 4 nitrogen and oxygen atoms in total. The van der Waals surface area contributed by atoms with Gasteiger partial charge in [-0.3, -0.25) is 4.79 Å². The van der Waals surface area contributed by atoms with E-state index in [9.17, 15) is 4.79 Å². The zero-order valence-electron chi connectivity index (χ0n) is 12.1. The van der Waals surface area contributed by atoms with Crippen LogP contribution < -0.4 is 16.4 Å². The number of halogens is 3. The number of rotatable bonds is 5. The van der Waals surface area contributed by atoms with Gasteiger partial charge in [-0.2, -0.15) is 0 Å². The maximum Gasteiger partial charge on any atom is 0.228 e. The molecule has 0 aliphatic heterocycles. The van der Waals surface area contributed by atoms with Crippen molar-refractivity contribution in [2.24, 2.45) is 11.7 Å². The number of hydrogen-bond acceptors (Lipinski definition) is 3. The predicted octanol–water partition coefficient (Wildman–Crippen LogP) is 3.68. The van der Waals surface area contributed by atoms with Crippen LogP contribution in [0.15, 0.2) is 18.2 Å². The van der Waals surface area contributed by atoms with Crippen LogP contribution in [-0.2, 0) is 4.79 Å². The van der Waals surface area contributed by atoms with Crippen LogP contribution in [0.5, 0.6) is 0 Å². The van der Waals surface area contributed by atoms with Gasteiger partial charge in [0.2, 0.25) is 5.91 Å². The molecule has 1 aliphatic carbocycles. The third kappa shape index (κ3) is 5.91. The third-order valence-electron chi connectivity index (χ3n) is 3.38. The van der Waals surface area contributed by atoms with Gasteiger partial charge in [0.05, 0.1) is 17.3 Å². The van der Waals surface area contributed by atoms with Crippen molar-refractivity contribution in [1.29, 1.82) is 0 Å². The van der Waals surface area contributed by atoms with Crippen molar-refractivity contribution in [2.75, 3.05) is 10.6 Å². The largest absolute Gasteiger partial charge is 0.381 e. The summed E-state index contributed by atoms with van der Waals surface area (Å²) >= 11 is 5.99. The van der Waals surface area contributed by atoms with Crippen molar-refractivity contribution in [3.05, 3.63) is 23.2 Å². The second-order valence-corrected chi connectivity index (χ2v) is 5.68. The van der Waals surface area contributed by atoms with Crippen molar-refractivity contribution < 1.29 is 4.79 Å². The number of carbonyl (C=O) groups is 1. The predicted molar refractivity (Wildman–Crippen MR) is 94.0 cm³/mol. The first-order valence-electron chi connectivity index (χ1n) is 6.60. The molecule has 1 aromatic rings. The Hall–Kier alpha value is -0.680. The summed E-state index contributed by atoms with van der Waals surface area (Å²) < 4.78 is 0. The van der Waals surface area contributed by atoms with Crippen molar-refractivity contribution >= 4 is 53.7 Å². The standard InChI is InChI=1S/C14H20ClN3O.2ClH/c1-8(9(2)16)14(19)18-13-7-10(15)3-6-12(13)17-11-4-5-11;;/h3,6-9,11,17H,4-5,16H2,1-2H3,(H,18,19);2*1H. The van der Waals surface area contributed by atoms with Crippen LogP contribution in [0.3, 0.4) is 0 Å². The van der Waals surface area contributed by atoms with E-state index >= 15 is 0 Å². The van der Waals surface area contributed by atoms with Crippen LogP contribution in [0.2, 0.25) is 5.02 Å². The van der Waals surface area contributed by atoms with Crippen molar-refractivity contribution in [1.82, 2.24) is 0 Å². The van der Waals surface area contributed by atoms with Gasteiger partial charge >= 0.3 is 0 Å². The van der Waals surface area contributed by atoms with Gasteiger partial charge in [-0.15, -0.1) is 24.8 Å². The number of amides is 1. The lowest BCUT2D eigenvalue weighted by Gasteiger charge is -2.18. The highest BCUT2D eigenvalue weighted by atomic mass is 35.5. The molecule has 2 unspecified atom stereocenters. The molecule has 4 N–H and O–H groups in total. The van der Waals surface area contributed by atoms with Gasteiger partial charge in [0, 0.05) is 17.1 Å². The maximum absolute atomic E-state index is 12.1. The molecule has 0 saturated heterocycles. The lowest BCUT2D eigenvalue weighted by molar-refractivity contribution is -0.119. The Bertz CT molecular complexity index is 479. The highest BCUT2D eigenvalue weighted by Crippen LogP contribution is 2.31. The first kappa shape index (κ1) is 20.3. The molecular formula is C14H22Cl3N3O. The summed E-state index contributed by atoms with van der Waals surface area (Å²) in [5.41, 5.74) is 7.38. The van der Waals surface area contributed by atoms with E-state index in [4.69, 9.17) is 17.3 Å². The number of anilines is 2. The van der Waals surface area contributed by atoms with Crippen molar-refractivity contribution in [2.45, 2.75) is 38.8 Å². The van der Waals surface area contributed by atoms with E-state index in [0.717, 1.165) is 11.4 Å². The SMILES string of the molecule is CC(N)C(C)C(=O)Nc1cc(Cl)ccc1NC1CC1.Cl.Cl. The molecule has 1 aromatic carbocycles. The number of nitrogens with two attached hydrogens (primary N) is 1. The summed E-state index contributed by atoms with van der Waals surface area (Å²) in [5.74, 6) is -0.330. The zero-order valence-corrected chi connectivity index (χ0v) is 14.4. The smallest absolute Gasteiger partial charge is 0.228 e. The molecule has 1 saturated carbocycles. The minimum Gasteiger partial charge on any atom is -0.381 e. The Labute approximate surface area is 143 Å². The molecule has 2 rings (SSSR count). The molecule has 1 fully saturated rings. The average Bonchev–Trinajstić information content (AvgIpc) is 3.15. The van der Waals surface area contributed by atoms with Crippen LogP contribution in [0.25, 0.3) is 0 Å². The second kappa shape index (κ2) is 8.69. The molecular weight excluding hydrogens is 333 g/mol. The highest BCUT2D eigenvalue weighted by Gasteiger charge is 2.23. The Morgan fingerprint density at radius 3 is 2.43 bits per heavy atom. The summed E-state index contributed by atoms with van der Waals surface area (Å²) in [4.78, 5) is 12.1. The summed E-state index contributed by atoms with van der Waals surface area (Å²) in [7, 11) is 0. The fourth-order valence-electron chi connectivity index (χ4n) is 1.68. The first-order valence-corrected chi connectivity index (χ1v) is 6.97. The van der Waals surface area contributed by atoms with E-state index in [0.29, 0.717) is 11.1 Å². The van der Waals surface area contributed by atoms with Crippen LogP contribution in [0.4, 0.5) is 11.4 Å². The molecule has 0 heterocycles. The van der Waals surface area contributed by atoms with Gasteiger partial charge in [-0.25, -0.2) is 0 Å². The second-order valence-electron chi connectivity index (χ2n) is 5.25. The molecule has 1 aliphatic rings. The summed E-state index contributed by atoms with van der Waals surface area (Å²) in [5, 5.41) is 6.88. The monoisotopic (exact) mass is 353 g/mol. The molecule has 0 radical (unpaired) electrons. The Kier molecular flexibility index (Phi) is 8.41. The fraction of sp³-hybridized carbons (Fsp3) is 0.500. The van der Waals surface area contributed by atoms with E-state index in [1.807, 2.05) is 26.0 Å². The van der Waals surface area contributed by atoms with Crippen LogP contribution in [0, 0.1) is 5.92 Å². The normalized spacial score (nSPS) is 16.0. The number of hydrogen-bond donors (Lipinski definition) is 3. The van der Waals surface area contributed by atoms with Crippen LogP contribution in [0.1, 0.15) is 26.7 Å². The van der Waals surface area contributed by atoms with E-state index in [1.165, 1.54) is 12.8 Å². The maximum atomic E-state index is 12.1. The molecule has 0 bridgehead atoms. The summed E-state index contributed by atoms with van der Waals surface area (Å²) in [6.45, 7) is 3.64. The molecule has 2 atom stereocenters. The Morgan fingerprint density at radius 2 is 1.90 bits per heavy atom. The third-order valence-corrected chi connectivity index (χ3v) is 3.61. The molecule has 21 heavy (non-hydrogen) atoms. The topological polar surface area (TPSA) is 67.2 Å². The van der Waals surface area contributed by atoms with Crippen molar-refractivity contribution in [3.8, 4) is 0 Å². The zero-order chi connectivity index (χ0) is 14.0. The minimum atomic E-state index is -0.243. The van der Waals surface area contributed by atoms with E-state index < -0.39 is 0 Å². The first-order chi connectivity index (χ1) is 8.97. The lowest BCUT2D eigenvalue weighted by atomic mass is 10.0. The van der Waals surface area contributed by atoms with Crippen LogP contribution in [-0.4, -0.2) is 18.0 Å². The molecule has 1 amide bonds. The van der Waals surface area contributed by atoms with Gasteiger partial charge in [0.25, 0.3) is 0 Å². The van der Waals surface area contributed by atoms with E-state index in [-0.39, 0.29) is 42.7 Å². The quantitative estimate of drug-likeness (QED) is 0.755. The summed E-state index contributed by atoms with van der Waals surface area (Å²) in [6, 6.07) is 5.81. The van der Waals surface area contributed by atoms with Gasteiger partial charge in [0.15, 0.2) is 0 Å². The molecule has 7 heteroatoms. The van der Waals surface area contributed by atoms with Gasteiger partial charge in [-0.1, -0.05) is 18.5 Å².